The molecule has 0 atom stereocenters. The molecule has 19 heavy (non-hydrogen) atoms. The topological polar surface area (TPSA) is 30.8 Å². The van der Waals surface area contributed by atoms with Crippen LogP contribution in [0.4, 0.5) is 0 Å². The summed E-state index contributed by atoms with van der Waals surface area (Å²) in [5, 5.41) is 0. The van der Waals surface area contributed by atoms with Gasteiger partial charge in [-0.15, -0.1) is 0 Å². The molecule has 2 rings (SSSR count). The smallest absolute Gasteiger partial charge is 0.217 e. The van der Waals surface area contributed by atoms with Crippen LogP contribution in [0.3, 0.4) is 0 Å². The maximum Gasteiger partial charge on any atom is 0.217 e. The molecule has 1 aliphatic rings. The first kappa shape index (κ1) is 13.9. The Kier molecular flexibility index (Phi) is 4.13. The molecule has 3 nitrogen and oxygen atoms in total. The maximum absolute atomic E-state index is 5.77. The normalized spacial score (nSPS) is 16.9. The van der Waals surface area contributed by atoms with Crippen molar-refractivity contribution in [3.63, 3.8) is 0 Å². The molecule has 0 spiro atoms. The number of rotatable bonds is 5. The highest BCUT2D eigenvalue weighted by Crippen LogP contribution is 2.28. The third-order valence-corrected chi connectivity index (χ3v) is 3.33. The van der Waals surface area contributed by atoms with Crippen LogP contribution in [0.15, 0.2) is 23.2 Å². The van der Waals surface area contributed by atoms with Crippen LogP contribution in [0.25, 0.3) is 0 Å². The zero-order valence-corrected chi connectivity index (χ0v) is 12.3. The molecule has 0 saturated carbocycles. The zero-order chi connectivity index (χ0) is 13.9. The summed E-state index contributed by atoms with van der Waals surface area (Å²) in [4.78, 5) is 4.67. The molecule has 1 aromatic carbocycles. The molecule has 1 aliphatic heterocycles. The summed E-state index contributed by atoms with van der Waals surface area (Å²) in [5.74, 6) is 1.69. The minimum absolute atomic E-state index is 0.125. The molecule has 0 N–H and O–H groups in total. The second-order valence-electron chi connectivity index (χ2n) is 5.61. The van der Waals surface area contributed by atoms with Crippen LogP contribution < -0.4 is 4.74 Å². The molecular formula is C16H23NO2. The van der Waals surface area contributed by atoms with Crippen molar-refractivity contribution < 1.29 is 9.47 Å². The van der Waals surface area contributed by atoms with Gasteiger partial charge in [-0.1, -0.05) is 19.4 Å². The van der Waals surface area contributed by atoms with Crippen molar-refractivity contribution in [2.45, 2.75) is 45.6 Å². The molecule has 104 valence electrons. The Labute approximate surface area is 115 Å². The number of benzene rings is 1. The van der Waals surface area contributed by atoms with Gasteiger partial charge in [0.2, 0.25) is 5.90 Å². The Morgan fingerprint density at radius 1 is 1.37 bits per heavy atom. The Hall–Kier alpha value is -1.51. The van der Waals surface area contributed by atoms with Crippen molar-refractivity contribution in [1.29, 1.82) is 0 Å². The Morgan fingerprint density at radius 2 is 2.16 bits per heavy atom. The Bertz CT molecular complexity index is 478. The van der Waals surface area contributed by atoms with Gasteiger partial charge in [0.25, 0.3) is 0 Å². The first-order valence-electron chi connectivity index (χ1n) is 6.96. The lowest BCUT2D eigenvalue weighted by Gasteiger charge is -2.13. The van der Waals surface area contributed by atoms with Crippen molar-refractivity contribution in [2.75, 3.05) is 13.7 Å². The molecule has 0 radical (unpaired) electrons. The van der Waals surface area contributed by atoms with Gasteiger partial charge in [-0.3, -0.25) is 0 Å². The third-order valence-electron chi connectivity index (χ3n) is 3.33. The van der Waals surface area contributed by atoms with E-state index in [4.69, 9.17) is 9.47 Å². The summed E-state index contributed by atoms with van der Waals surface area (Å²) >= 11 is 0. The van der Waals surface area contributed by atoms with Gasteiger partial charge in [-0.2, -0.15) is 0 Å². The van der Waals surface area contributed by atoms with Crippen LogP contribution in [-0.4, -0.2) is 25.2 Å². The number of aliphatic imine (C=N–C) groups is 1. The predicted octanol–water partition coefficient (Wildman–Crippen LogP) is 3.59. The molecule has 0 saturated heterocycles. The van der Waals surface area contributed by atoms with Gasteiger partial charge in [-0.05, 0) is 38.8 Å². The van der Waals surface area contributed by atoms with Crippen LogP contribution in [-0.2, 0) is 11.2 Å². The first-order chi connectivity index (χ1) is 9.07. The quantitative estimate of drug-likeness (QED) is 0.811. The standard InChI is InChI=1S/C16H23NO2/c1-5-6-8-12-13(9-7-10-14(12)18-4)15-17-16(2,3)11-19-15/h7,9-10H,5-6,8,11H2,1-4H3. The van der Waals surface area contributed by atoms with Crippen LogP contribution in [0.2, 0.25) is 0 Å². The van der Waals surface area contributed by atoms with E-state index in [1.54, 1.807) is 7.11 Å². The third kappa shape index (κ3) is 3.09. The molecule has 0 amide bonds. The van der Waals surface area contributed by atoms with Gasteiger partial charge >= 0.3 is 0 Å². The van der Waals surface area contributed by atoms with Crippen LogP contribution in [0.5, 0.6) is 5.75 Å². The summed E-state index contributed by atoms with van der Waals surface area (Å²) in [5.41, 5.74) is 2.17. The Balaban J connectivity index is 2.39. The highest BCUT2D eigenvalue weighted by atomic mass is 16.5. The first-order valence-corrected chi connectivity index (χ1v) is 6.96. The fourth-order valence-electron chi connectivity index (χ4n) is 2.29. The second-order valence-corrected chi connectivity index (χ2v) is 5.61. The number of methoxy groups -OCH3 is 1. The summed E-state index contributed by atoms with van der Waals surface area (Å²) in [6, 6.07) is 6.09. The fourth-order valence-corrected chi connectivity index (χ4v) is 2.29. The van der Waals surface area contributed by atoms with E-state index in [9.17, 15) is 0 Å². The van der Waals surface area contributed by atoms with Gasteiger partial charge in [-0.25, -0.2) is 4.99 Å². The van der Waals surface area contributed by atoms with E-state index < -0.39 is 0 Å². The van der Waals surface area contributed by atoms with Crippen molar-refractivity contribution in [1.82, 2.24) is 0 Å². The molecule has 0 bridgehead atoms. The average Bonchev–Trinajstić information content (AvgIpc) is 2.76. The van der Waals surface area contributed by atoms with Gasteiger partial charge in [0.1, 0.15) is 12.4 Å². The lowest BCUT2D eigenvalue weighted by molar-refractivity contribution is 0.279. The van der Waals surface area contributed by atoms with E-state index in [-0.39, 0.29) is 5.54 Å². The molecule has 0 aliphatic carbocycles. The lowest BCUT2D eigenvalue weighted by Crippen LogP contribution is -2.17. The average molecular weight is 261 g/mol. The zero-order valence-electron chi connectivity index (χ0n) is 12.3. The molecular weight excluding hydrogens is 238 g/mol. The molecule has 1 heterocycles. The number of hydrogen-bond donors (Lipinski definition) is 0. The van der Waals surface area contributed by atoms with E-state index in [2.05, 4.69) is 31.8 Å². The number of unbranched alkanes of at least 4 members (excludes halogenated alkanes) is 1. The predicted molar refractivity (Wildman–Crippen MR) is 78.2 cm³/mol. The molecule has 0 fully saturated rings. The van der Waals surface area contributed by atoms with Crippen molar-refractivity contribution in [3.8, 4) is 5.75 Å². The van der Waals surface area contributed by atoms with E-state index in [1.807, 2.05) is 12.1 Å². The maximum atomic E-state index is 5.77. The molecule has 3 heteroatoms. The van der Waals surface area contributed by atoms with Gasteiger partial charge in [0, 0.05) is 11.1 Å². The van der Waals surface area contributed by atoms with E-state index in [1.165, 1.54) is 5.56 Å². The van der Waals surface area contributed by atoms with Crippen LogP contribution in [0.1, 0.15) is 44.7 Å². The van der Waals surface area contributed by atoms with Gasteiger partial charge in [0.05, 0.1) is 12.6 Å². The fraction of sp³-hybridized carbons (Fsp3) is 0.562. The lowest BCUT2D eigenvalue weighted by atomic mass is 10.0. The Morgan fingerprint density at radius 3 is 2.74 bits per heavy atom. The van der Waals surface area contributed by atoms with E-state index in [0.717, 1.165) is 36.5 Å². The van der Waals surface area contributed by atoms with E-state index in [0.29, 0.717) is 6.61 Å². The minimum atomic E-state index is -0.125. The molecule has 0 unspecified atom stereocenters. The van der Waals surface area contributed by atoms with Crippen LogP contribution >= 0.6 is 0 Å². The molecule has 1 aromatic rings. The highest BCUT2D eigenvalue weighted by Gasteiger charge is 2.28. The van der Waals surface area contributed by atoms with Crippen molar-refractivity contribution in [2.24, 2.45) is 4.99 Å². The summed E-state index contributed by atoms with van der Waals surface area (Å²) in [7, 11) is 1.72. The van der Waals surface area contributed by atoms with Crippen LogP contribution in [0, 0.1) is 0 Å². The van der Waals surface area contributed by atoms with Gasteiger partial charge < -0.3 is 9.47 Å². The van der Waals surface area contributed by atoms with E-state index >= 15 is 0 Å². The largest absolute Gasteiger partial charge is 0.496 e. The summed E-state index contributed by atoms with van der Waals surface area (Å²) in [6.45, 7) is 7.02. The number of ether oxygens (including phenoxy) is 2. The minimum Gasteiger partial charge on any atom is -0.496 e. The highest BCUT2D eigenvalue weighted by molar-refractivity contribution is 5.97. The summed E-state index contributed by atoms with van der Waals surface area (Å²) < 4.78 is 11.3. The number of nitrogens with zero attached hydrogens (tertiary/aromatic N) is 1. The van der Waals surface area contributed by atoms with Gasteiger partial charge in [0.15, 0.2) is 0 Å². The summed E-state index contributed by atoms with van der Waals surface area (Å²) in [6.07, 6.45) is 3.30. The SMILES string of the molecule is CCCCc1c(OC)cccc1C1=NC(C)(C)CO1. The van der Waals surface area contributed by atoms with Crippen molar-refractivity contribution >= 4 is 5.90 Å². The molecule has 0 aromatic heterocycles. The monoisotopic (exact) mass is 261 g/mol. The van der Waals surface area contributed by atoms with Crippen molar-refractivity contribution in [3.05, 3.63) is 29.3 Å². The number of hydrogen-bond acceptors (Lipinski definition) is 3. The second kappa shape index (κ2) is 5.64.